The lowest BCUT2D eigenvalue weighted by Gasteiger charge is -1.94. The van der Waals surface area contributed by atoms with Gasteiger partial charge in [0.2, 0.25) is 0 Å². The van der Waals surface area contributed by atoms with E-state index in [0.717, 1.165) is 10.7 Å². The molecule has 1 heterocycles. The fraction of sp³-hybridized carbons (Fsp3) is 0.125. The van der Waals surface area contributed by atoms with E-state index in [-0.39, 0.29) is 9.45 Å². The lowest BCUT2D eigenvalue weighted by atomic mass is 10.3. The highest BCUT2D eigenvalue weighted by Crippen LogP contribution is 2.29. The van der Waals surface area contributed by atoms with Crippen LogP contribution in [0.4, 0.5) is 5.69 Å². The standard InChI is InChI=1S/C8H7NS2/c1-6-9-7-4-2-3-5-8(7)11(6)10/h2-5H,1H3. The van der Waals surface area contributed by atoms with Crippen molar-refractivity contribution in [2.45, 2.75) is 11.8 Å². The third kappa shape index (κ3) is 1.04. The van der Waals surface area contributed by atoms with Crippen molar-refractivity contribution in [3.63, 3.8) is 0 Å². The van der Waals surface area contributed by atoms with Crippen molar-refractivity contribution in [2.24, 2.45) is 4.99 Å². The molecule has 0 aliphatic carbocycles. The number of fused-ring (bicyclic) bond motifs is 1. The van der Waals surface area contributed by atoms with Crippen LogP contribution in [0.3, 0.4) is 0 Å². The first kappa shape index (κ1) is 7.13. The van der Waals surface area contributed by atoms with E-state index in [2.05, 4.69) is 11.1 Å². The zero-order chi connectivity index (χ0) is 7.84. The molecular formula is C8H7NS2. The summed E-state index contributed by atoms with van der Waals surface area (Å²) in [5.41, 5.74) is 1.06. The largest absolute Gasteiger partial charge is 0.245 e. The molecule has 0 aromatic heterocycles. The first-order valence-electron chi connectivity index (χ1n) is 3.35. The second kappa shape index (κ2) is 2.50. The Morgan fingerprint density at radius 3 is 2.82 bits per heavy atom. The molecule has 2 rings (SSSR count). The topological polar surface area (TPSA) is 12.4 Å². The molecule has 1 aliphatic rings. The SMILES string of the molecule is CC1=Nc2ccccc2S1=S. The monoisotopic (exact) mass is 181 g/mol. The molecule has 1 aromatic carbocycles. The lowest BCUT2D eigenvalue weighted by Crippen LogP contribution is -1.93. The van der Waals surface area contributed by atoms with E-state index in [0.29, 0.717) is 0 Å². The minimum absolute atomic E-state index is 0.159. The van der Waals surface area contributed by atoms with E-state index in [1.54, 1.807) is 0 Å². The van der Waals surface area contributed by atoms with Gasteiger partial charge in [-0.1, -0.05) is 12.1 Å². The number of hydrogen-bond donors (Lipinski definition) is 0. The van der Waals surface area contributed by atoms with Crippen molar-refractivity contribution in [3.05, 3.63) is 24.3 Å². The van der Waals surface area contributed by atoms with E-state index in [9.17, 15) is 0 Å². The summed E-state index contributed by atoms with van der Waals surface area (Å²) in [6.07, 6.45) is 0. The molecule has 1 aliphatic heterocycles. The smallest absolute Gasteiger partial charge is 0.0797 e. The van der Waals surface area contributed by atoms with Crippen LogP contribution in [-0.2, 0) is 20.6 Å². The molecule has 1 unspecified atom stereocenters. The zero-order valence-corrected chi connectivity index (χ0v) is 7.71. The van der Waals surface area contributed by atoms with Crippen LogP contribution >= 0.6 is 0 Å². The van der Waals surface area contributed by atoms with Crippen molar-refractivity contribution in [3.8, 4) is 0 Å². The second-order valence-corrected chi connectivity index (χ2v) is 4.94. The molecule has 0 amide bonds. The molecule has 0 fully saturated rings. The van der Waals surface area contributed by atoms with Gasteiger partial charge in [-0.25, -0.2) is 4.99 Å². The van der Waals surface area contributed by atoms with Crippen LogP contribution in [0.15, 0.2) is 34.2 Å². The molecule has 0 bridgehead atoms. The van der Waals surface area contributed by atoms with Crippen LogP contribution < -0.4 is 0 Å². The van der Waals surface area contributed by atoms with Crippen molar-refractivity contribution in [1.82, 2.24) is 0 Å². The van der Waals surface area contributed by atoms with Gasteiger partial charge in [0.15, 0.2) is 0 Å². The zero-order valence-electron chi connectivity index (χ0n) is 6.07. The summed E-state index contributed by atoms with van der Waals surface area (Å²) in [5, 5.41) is 1.07. The van der Waals surface area contributed by atoms with Crippen molar-refractivity contribution in [2.75, 3.05) is 0 Å². The van der Waals surface area contributed by atoms with Gasteiger partial charge in [0.25, 0.3) is 0 Å². The summed E-state index contributed by atoms with van der Waals surface area (Å²) in [5.74, 6) is 0. The molecule has 0 saturated carbocycles. The summed E-state index contributed by atoms with van der Waals surface area (Å²) in [6.45, 7) is 2.00. The Balaban J connectivity index is 2.67. The normalized spacial score (nSPS) is 21.2. The molecule has 0 saturated heterocycles. The molecule has 0 N–H and O–H groups in total. The number of hydrogen-bond acceptors (Lipinski definition) is 2. The third-order valence-corrected chi connectivity index (χ3v) is 4.25. The fourth-order valence-electron chi connectivity index (χ4n) is 1.08. The molecule has 0 radical (unpaired) electrons. The fourth-order valence-corrected chi connectivity index (χ4v) is 2.62. The quantitative estimate of drug-likeness (QED) is 0.597. The van der Waals surface area contributed by atoms with E-state index in [1.165, 1.54) is 4.90 Å². The number of nitrogens with zero attached hydrogens (tertiary/aromatic N) is 1. The van der Waals surface area contributed by atoms with Gasteiger partial charge in [0.1, 0.15) is 0 Å². The molecule has 11 heavy (non-hydrogen) atoms. The average molecular weight is 181 g/mol. The Labute approximate surface area is 72.8 Å². The van der Waals surface area contributed by atoms with Crippen LogP contribution in [0.25, 0.3) is 0 Å². The van der Waals surface area contributed by atoms with Gasteiger partial charge in [0, 0.05) is 4.90 Å². The van der Waals surface area contributed by atoms with E-state index in [1.807, 2.05) is 25.1 Å². The summed E-state index contributed by atoms with van der Waals surface area (Å²) in [6, 6.07) is 8.08. The minimum atomic E-state index is -0.159. The Kier molecular flexibility index (Phi) is 1.62. The Morgan fingerprint density at radius 2 is 2.09 bits per heavy atom. The Hall–Kier alpha value is -0.540. The van der Waals surface area contributed by atoms with Crippen molar-refractivity contribution < 1.29 is 0 Å². The van der Waals surface area contributed by atoms with Crippen molar-refractivity contribution in [1.29, 1.82) is 0 Å². The summed E-state index contributed by atoms with van der Waals surface area (Å²) < 4.78 is 0. The van der Waals surface area contributed by atoms with E-state index >= 15 is 0 Å². The highest BCUT2D eigenvalue weighted by molar-refractivity contribution is 8.37. The predicted molar refractivity (Wildman–Crippen MR) is 52.2 cm³/mol. The number of rotatable bonds is 0. The third-order valence-electron chi connectivity index (χ3n) is 1.61. The molecule has 1 atom stereocenters. The summed E-state index contributed by atoms with van der Waals surface area (Å²) >= 11 is 5.28. The van der Waals surface area contributed by atoms with Crippen molar-refractivity contribution >= 4 is 31.4 Å². The van der Waals surface area contributed by atoms with Gasteiger partial charge in [0.05, 0.1) is 10.7 Å². The highest BCUT2D eigenvalue weighted by atomic mass is 32.8. The van der Waals surface area contributed by atoms with Gasteiger partial charge in [-0.15, -0.1) is 0 Å². The summed E-state index contributed by atoms with van der Waals surface area (Å²) in [7, 11) is -0.159. The molecule has 56 valence electrons. The molecule has 0 spiro atoms. The van der Waals surface area contributed by atoms with Crippen LogP contribution in [-0.4, -0.2) is 5.04 Å². The number of para-hydroxylation sites is 1. The molecule has 1 nitrogen and oxygen atoms in total. The maximum Gasteiger partial charge on any atom is 0.0797 e. The van der Waals surface area contributed by atoms with Gasteiger partial charge in [-0.3, -0.25) is 0 Å². The maximum absolute atomic E-state index is 5.28. The van der Waals surface area contributed by atoms with Gasteiger partial charge in [-0.2, -0.15) is 0 Å². The van der Waals surface area contributed by atoms with E-state index in [4.69, 9.17) is 11.2 Å². The summed E-state index contributed by atoms with van der Waals surface area (Å²) in [4.78, 5) is 5.57. The first-order chi connectivity index (χ1) is 5.29. The first-order valence-corrected chi connectivity index (χ1v) is 5.50. The van der Waals surface area contributed by atoms with Crippen LogP contribution in [0.2, 0.25) is 0 Å². The Morgan fingerprint density at radius 1 is 1.36 bits per heavy atom. The van der Waals surface area contributed by atoms with Crippen LogP contribution in [0.1, 0.15) is 6.92 Å². The average Bonchev–Trinajstić information content (AvgIpc) is 2.30. The maximum atomic E-state index is 5.28. The number of benzene rings is 1. The molecule has 3 heteroatoms. The minimum Gasteiger partial charge on any atom is -0.245 e. The van der Waals surface area contributed by atoms with Gasteiger partial charge >= 0.3 is 0 Å². The van der Waals surface area contributed by atoms with Crippen LogP contribution in [0, 0.1) is 0 Å². The van der Waals surface area contributed by atoms with Gasteiger partial charge in [-0.05, 0) is 39.7 Å². The molecule has 1 aromatic rings. The van der Waals surface area contributed by atoms with E-state index < -0.39 is 0 Å². The van der Waals surface area contributed by atoms with Crippen LogP contribution in [0.5, 0.6) is 0 Å². The Bertz CT molecular complexity index is 355. The van der Waals surface area contributed by atoms with Gasteiger partial charge < -0.3 is 0 Å². The molecular weight excluding hydrogens is 174 g/mol. The second-order valence-electron chi connectivity index (χ2n) is 2.37. The highest BCUT2D eigenvalue weighted by Gasteiger charge is 2.14. The lowest BCUT2D eigenvalue weighted by molar-refractivity contribution is 1.40. The number of aliphatic imine (C=N–C) groups is 1. The predicted octanol–water partition coefficient (Wildman–Crippen LogP) is 2.19.